The molecule has 0 aliphatic rings. The lowest BCUT2D eigenvalue weighted by atomic mass is 10.0. The van der Waals surface area contributed by atoms with E-state index < -0.39 is 29.8 Å². The van der Waals surface area contributed by atoms with E-state index in [0.29, 0.717) is 0 Å². The Balaban J connectivity index is 2.68. The van der Waals surface area contributed by atoms with Gasteiger partial charge in [-0.3, -0.25) is 14.6 Å². The lowest BCUT2D eigenvalue weighted by Crippen LogP contribution is -2.42. The molecule has 2 atom stereocenters. The summed E-state index contributed by atoms with van der Waals surface area (Å²) >= 11 is 0. The smallest absolute Gasteiger partial charge is 0.326 e. The molecule has 0 unspecified atom stereocenters. The number of hydrogen-bond acceptors (Lipinski definition) is 5. The first-order valence-corrected chi connectivity index (χ1v) is 6.56. The van der Waals surface area contributed by atoms with Gasteiger partial charge < -0.3 is 15.2 Å². The van der Waals surface area contributed by atoms with Crippen molar-refractivity contribution in [2.45, 2.75) is 26.3 Å². The van der Waals surface area contributed by atoms with Crippen LogP contribution in [-0.2, 0) is 14.3 Å². The Hall–Kier alpha value is -2.44. The van der Waals surface area contributed by atoms with Gasteiger partial charge in [-0.15, -0.1) is 0 Å². The Morgan fingerprint density at radius 2 is 2.14 bits per heavy atom. The fraction of sp³-hybridized carbons (Fsp3) is 0.429. The second-order valence-corrected chi connectivity index (χ2v) is 4.49. The summed E-state index contributed by atoms with van der Waals surface area (Å²) in [4.78, 5) is 38.4. The van der Waals surface area contributed by atoms with Crippen molar-refractivity contribution in [3.8, 4) is 0 Å². The monoisotopic (exact) mass is 294 g/mol. The summed E-state index contributed by atoms with van der Waals surface area (Å²) < 4.78 is 4.82. The molecule has 21 heavy (non-hydrogen) atoms. The number of hydrogen-bond donors (Lipinski definition) is 2. The maximum atomic E-state index is 11.9. The molecule has 1 rings (SSSR count). The molecule has 1 aromatic rings. The first-order valence-electron chi connectivity index (χ1n) is 6.56. The number of carbonyl (C=O) groups excluding carboxylic acids is 2. The predicted molar refractivity (Wildman–Crippen MR) is 73.5 cm³/mol. The maximum absolute atomic E-state index is 11.9. The highest BCUT2D eigenvalue weighted by Gasteiger charge is 2.26. The molecule has 0 radical (unpaired) electrons. The molecule has 0 saturated carbocycles. The second-order valence-electron chi connectivity index (χ2n) is 4.49. The molecule has 1 aromatic heterocycles. The van der Waals surface area contributed by atoms with Crippen LogP contribution in [0.3, 0.4) is 0 Å². The van der Waals surface area contributed by atoms with Crippen molar-refractivity contribution in [1.82, 2.24) is 10.3 Å². The van der Waals surface area contributed by atoms with E-state index in [1.165, 1.54) is 18.5 Å². The van der Waals surface area contributed by atoms with Crippen LogP contribution < -0.4 is 5.32 Å². The highest BCUT2D eigenvalue weighted by Crippen LogP contribution is 2.10. The van der Waals surface area contributed by atoms with E-state index in [4.69, 9.17) is 9.84 Å². The van der Waals surface area contributed by atoms with Crippen molar-refractivity contribution in [2.24, 2.45) is 5.92 Å². The van der Waals surface area contributed by atoms with Crippen LogP contribution in [0.25, 0.3) is 0 Å². The largest absolute Gasteiger partial charge is 0.480 e. The lowest BCUT2D eigenvalue weighted by Gasteiger charge is -2.18. The van der Waals surface area contributed by atoms with Gasteiger partial charge >= 0.3 is 11.9 Å². The van der Waals surface area contributed by atoms with E-state index in [2.05, 4.69) is 10.3 Å². The molecule has 0 fully saturated rings. The predicted octanol–water partition coefficient (Wildman–Crippen LogP) is 0.854. The third-order valence-corrected chi connectivity index (χ3v) is 2.81. The fourth-order valence-electron chi connectivity index (χ4n) is 1.69. The summed E-state index contributed by atoms with van der Waals surface area (Å²) in [7, 11) is 0. The number of nitrogens with zero attached hydrogens (tertiary/aromatic N) is 1. The minimum Gasteiger partial charge on any atom is -0.480 e. The number of aromatic nitrogens is 1. The van der Waals surface area contributed by atoms with Crippen molar-refractivity contribution < 1.29 is 24.2 Å². The summed E-state index contributed by atoms with van der Waals surface area (Å²) in [6.45, 7) is 3.45. The van der Waals surface area contributed by atoms with Crippen LogP contribution in [-0.4, -0.2) is 40.6 Å². The van der Waals surface area contributed by atoms with Gasteiger partial charge in [0.05, 0.1) is 18.1 Å². The minimum absolute atomic E-state index is 0.0415. The molecule has 0 bridgehead atoms. The molecule has 0 aliphatic heterocycles. The lowest BCUT2D eigenvalue weighted by molar-refractivity contribution is -0.148. The first kappa shape index (κ1) is 16.6. The van der Waals surface area contributed by atoms with E-state index in [-0.39, 0.29) is 18.6 Å². The molecule has 7 nitrogen and oxygen atoms in total. The molecule has 0 aliphatic carbocycles. The first-order chi connectivity index (χ1) is 9.95. The number of rotatable bonds is 7. The summed E-state index contributed by atoms with van der Waals surface area (Å²) in [5, 5.41) is 11.5. The molecular weight excluding hydrogens is 276 g/mol. The van der Waals surface area contributed by atoms with Crippen molar-refractivity contribution in [2.75, 3.05) is 6.61 Å². The fourth-order valence-corrected chi connectivity index (χ4v) is 1.69. The van der Waals surface area contributed by atoms with Crippen LogP contribution in [0.2, 0.25) is 0 Å². The Morgan fingerprint density at radius 3 is 2.67 bits per heavy atom. The molecule has 0 aromatic carbocycles. The Kier molecular flexibility index (Phi) is 6.32. The highest BCUT2D eigenvalue weighted by atomic mass is 16.5. The quantitative estimate of drug-likeness (QED) is 0.722. The molecule has 114 valence electrons. The minimum atomic E-state index is -1.21. The zero-order valence-corrected chi connectivity index (χ0v) is 11.9. The third-order valence-electron chi connectivity index (χ3n) is 2.81. The van der Waals surface area contributed by atoms with Gasteiger partial charge in [-0.2, -0.15) is 0 Å². The van der Waals surface area contributed by atoms with Crippen molar-refractivity contribution in [1.29, 1.82) is 0 Å². The molecular formula is C14H18N2O5. The molecule has 0 spiro atoms. The SMILES string of the molecule is CCOC(=O)[C@@H](C)C[C@@H](NC(=O)c1cccnc1)C(=O)O. The van der Waals surface area contributed by atoms with E-state index in [0.717, 1.165) is 0 Å². The maximum Gasteiger partial charge on any atom is 0.326 e. The second kappa shape index (κ2) is 7.98. The number of carboxylic acids is 1. The van der Waals surface area contributed by atoms with Crippen LogP contribution >= 0.6 is 0 Å². The number of amides is 1. The number of nitrogens with one attached hydrogen (secondary N) is 1. The average molecular weight is 294 g/mol. The molecule has 1 heterocycles. The van der Waals surface area contributed by atoms with Crippen LogP contribution in [0.1, 0.15) is 30.6 Å². The van der Waals surface area contributed by atoms with Gasteiger partial charge in [0.1, 0.15) is 6.04 Å². The summed E-state index contributed by atoms with van der Waals surface area (Å²) in [6, 6.07) is 1.93. The highest BCUT2D eigenvalue weighted by molar-refractivity contribution is 5.96. The number of esters is 1. The van der Waals surface area contributed by atoms with Gasteiger partial charge in [-0.05, 0) is 25.5 Å². The summed E-state index contributed by atoms with van der Waals surface area (Å²) in [5.41, 5.74) is 0.257. The summed E-state index contributed by atoms with van der Waals surface area (Å²) in [6.07, 6.45) is 2.80. The van der Waals surface area contributed by atoms with Crippen LogP contribution in [0, 0.1) is 5.92 Å². The van der Waals surface area contributed by atoms with E-state index in [9.17, 15) is 14.4 Å². The Bertz CT molecular complexity index is 503. The zero-order valence-electron chi connectivity index (χ0n) is 11.9. The van der Waals surface area contributed by atoms with Crippen LogP contribution in [0.15, 0.2) is 24.5 Å². The molecule has 2 N–H and O–H groups in total. The van der Waals surface area contributed by atoms with E-state index in [1.807, 2.05) is 0 Å². The standard InChI is InChI=1S/C14H18N2O5/c1-3-21-14(20)9(2)7-11(13(18)19)16-12(17)10-5-4-6-15-8-10/h4-6,8-9,11H,3,7H2,1-2H3,(H,16,17)(H,18,19)/t9-,11+/m0/s1. The van der Waals surface area contributed by atoms with Gasteiger partial charge in [-0.25, -0.2) is 4.79 Å². The number of pyridine rings is 1. The average Bonchev–Trinajstić information content (AvgIpc) is 2.47. The topological polar surface area (TPSA) is 106 Å². The van der Waals surface area contributed by atoms with Crippen molar-refractivity contribution in [3.63, 3.8) is 0 Å². The van der Waals surface area contributed by atoms with E-state index >= 15 is 0 Å². The van der Waals surface area contributed by atoms with E-state index in [1.54, 1.807) is 19.9 Å². The zero-order chi connectivity index (χ0) is 15.8. The van der Waals surface area contributed by atoms with Gasteiger partial charge in [0.15, 0.2) is 0 Å². The van der Waals surface area contributed by atoms with Gasteiger partial charge in [0.25, 0.3) is 5.91 Å². The number of aliphatic carboxylic acids is 1. The van der Waals surface area contributed by atoms with Gasteiger partial charge in [0, 0.05) is 12.4 Å². The third kappa shape index (κ3) is 5.21. The molecule has 1 amide bonds. The number of carbonyl (C=O) groups is 3. The normalized spacial score (nSPS) is 13.0. The number of ether oxygens (including phenoxy) is 1. The molecule has 0 saturated heterocycles. The molecule has 7 heteroatoms. The van der Waals surface area contributed by atoms with Crippen LogP contribution in [0.5, 0.6) is 0 Å². The van der Waals surface area contributed by atoms with Crippen LogP contribution in [0.4, 0.5) is 0 Å². The van der Waals surface area contributed by atoms with Crippen molar-refractivity contribution in [3.05, 3.63) is 30.1 Å². The Labute approximate surface area is 122 Å². The van der Waals surface area contributed by atoms with Gasteiger partial charge in [0.2, 0.25) is 0 Å². The van der Waals surface area contributed by atoms with Gasteiger partial charge in [-0.1, -0.05) is 6.92 Å². The number of carboxylic acid groups (broad SMARTS) is 1. The Morgan fingerprint density at radius 1 is 1.43 bits per heavy atom. The summed E-state index contributed by atoms with van der Waals surface area (Å²) in [5.74, 6) is -2.87. The van der Waals surface area contributed by atoms with Crippen molar-refractivity contribution >= 4 is 17.8 Å².